The third-order valence-electron chi connectivity index (χ3n) is 3.92. The highest BCUT2D eigenvalue weighted by molar-refractivity contribution is 5.80. The van der Waals surface area contributed by atoms with Crippen LogP contribution in [-0.2, 0) is 19.1 Å². The third kappa shape index (κ3) is 1.41. The third-order valence-corrected chi connectivity index (χ3v) is 3.92. The summed E-state index contributed by atoms with van der Waals surface area (Å²) in [4.78, 5) is 17.3. The fourth-order valence-corrected chi connectivity index (χ4v) is 3.06. The number of amides is 1. The lowest BCUT2D eigenvalue weighted by Gasteiger charge is -2.49. The van der Waals surface area contributed by atoms with E-state index in [2.05, 4.69) is 0 Å². The van der Waals surface area contributed by atoms with Gasteiger partial charge in [0.1, 0.15) is 5.54 Å². The number of rotatable bonds is 3. The number of hydroxylamine groups is 2. The Hall–Kier alpha value is -1.17. The maximum absolute atomic E-state index is 12.0. The Labute approximate surface area is 107 Å². The van der Waals surface area contributed by atoms with E-state index in [1.165, 1.54) is 12.2 Å². The van der Waals surface area contributed by atoms with Crippen molar-refractivity contribution in [2.75, 3.05) is 21.3 Å². The molecule has 1 heterocycles. The van der Waals surface area contributed by atoms with E-state index in [0.29, 0.717) is 6.42 Å². The maximum Gasteiger partial charge on any atom is 0.247 e. The van der Waals surface area contributed by atoms with Crippen molar-refractivity contribution >= 4 is 5.91 Å². The van der Waals surface area contributed by atoms with E-state index in [-0.39, 0.29) is 11.8 Å². The second-order valence-corrected chi connectivity index (χ2v) is 4.60. The first-order valence-corrected chi connectivity index (χ1v) is 5.92. The van der Waals surface area contributed by atoms with Crippen LogP contribution in [0.25, 0.3) is 0 Å². The first-order chi connectivity index (χ1) is 8.58. The fourth-order valence-electron chi connectivity index (χ4n) is 3.06. The molecule has 1 aliphatic carbocycles. The SMILES string of the molecule is CON1C(=O)C[C@@H](C)[C@@]12C=CC=CC2(OC)OC. The number of methoxy groups -OCH3 is 2. The molecule has 0 aromatic carbocycles. The molecule has 2 rings (SSSR count). The van der Waals surface area contributed by atoms with Crippen LogP contribution in [0, 0.1) is 5.92 Å². The quantitative estimate of drug-likeness (QED) is 0.711. The molecular weight excluding hydrogens is 234 g/mol. The molecule has 0 bridgehead atoms. The van der Waals surface area contributed by atoms with E-state index in [9.17, 15) is 4.79 Å². The van der Waals surface area contributed by atoms with Gasteiger partial charge in [0.15, 0.2) is 0 Å². The van der Waals surface area contributed by atoms with Crippen molar-refractivity contribution in [2.45, 2.75) is 24.7 Å². The maximum atomic E-state index is 12.0. The number of ether oxygens (including phenoxy) is 2. The standard InChI is InChI=1S/C13H19NO4/c1-10-9-11(15)14(18-4)12(10)7-5-6-8-13(12,16-2)17-3/h5-8,10H,9H2,1-4H3/t10-,12-/m1/s1. The molecule has 2 aliphatic rings. The number of carbonyl (C=O) groups is 1. The summed E-state index contributed by atoms with van der Waals surface area (Å²) in [5, 5.41) is 1.37. The number of carbonyl (C=O) groups excluding carboxylic acids is 1. The molecular formula is C13H19NO4. The predicted molar refractivity (Wildman–Crippen MR) is 65.4 cm³/mol. The zero-order valence-electron chi connectivity index (χ0n) is 11.2. The van der Waals surface area contributed by atoms with Gasteiger partial charge in [-0.2, -0.15) is 0 Å². The Morgan fingerprint density at radius 1 is 1.22 bits per heavy atom. The molecule has 1 fully saturated rings. The Morgan fingerprint density at radius 2 is 1.83 bits per heavy atom. The van der Waals surface area contributed by atoms with Gasteiger partial charge in [-0.15, -0.1) is 0 Å². The summed E-state index contributed by atoms with van der Waals surface area (Å²) in [7, 11) is 4.62. The molecule has 0 radical (unpaired) electrons. The molecule has 0 aromatic rings. The van der Waals surface area contributed by atoms with E-state index >= 15 is 0 Å². The first-order valence-electron chi connectivity index (χ1n) is 5.92. The average Bonchev–Trinajstić information content (AvgIpc) is 2.62. The van der Waals surface area contributed by atoms with Crippen molar-refractivity contribution < 1.29 is 19.1 Å². The summed E-state index contributed by atoms with van der Waals surface area (Å²) in [6, 6.07) is 0. The van der Waals surface area contributed by atoms with Crippen LogP contribution >= 0.6 is 0 Å². The van der Waals surface area contributed by atoms with Gasteiger partial charge in [-0.05, 0) is 12.0 Å². The molecule has 5 nitrogen and oxygen atoms in total. The second kappa shape index (κ2) is 4.50. The lowest BCUT2D eigenvalue weighted by Crippen LogP contribution is -2.65. The van der Waals surface area contributed by atoms with E-state index in [0.717, 1.165) is 0 Å². The van der Waals surface area contributed by atoms with Crippen LogP contribution < -0.4 is 0 Å². The Morgan fingerprint density at radius 3 is 2.39 bits per heavy atom. The normalized spacial score (nSPS) is 33.7. The molecule has 18 heavy (non-hydrogen) atoms. The van der Waals surface area contributed by atoms with Crippen molar-refractivity contribution in [3.8, 4) is 0 Å². The van der Waals surface area contributed by atoms with Gasteiger partial charge in [0, 0.05) is 20.6 Å². The van der Waals surface area contributed by atoms with Crippen molar-refractivity contribution in [1.82, 2.24) is 5.06 Å². The lowest BCUT2D eigenvalue weighted by atomic mass is 9.76. The number of hydrogen-bond acceptors (Lipinski definition) is 4. The molecule has 5 heteroatoms. The van der Waals surface area contributed by atoms with E-state index in [4.69, 9.17) is 14.3 Å². The molecule has 0 aromatic heterocycles. The highest BCUT2D eigenvalue weighted by atomic mass is 16.7. The van der Waals surface area contributed by atoms with Crippen LogP contribution in [0.2, 0.25) is 0 Å². The summed E-state index contributed by atoms with van der Waals surface area (Å²) < 4.78 is 11.2. The van der Waals surface area contributed by atoms with Crippen LogP contribution in [0.5, 0.6) is 0 Å². The van der Waals surface area contributed by atoms with Gasteiger partial charge in [0.2, 0.25) is 11.7 Å². The van der Waals surface area contributed by atoms with Crippen molar-refractivity contribution in [3.63, 3.8) is 0 Å². The zero-order valence-corrected chi connectivity index (χ0v) is 11.2. The number of nitrogens with zero attached hydrogens (tertiary/aromatic N) is 1. The van der Waals surface area contributed by atoms with Crippen LogP contribution in [0.4, 0.5) is 0 Å². The molecule has 100 valence electrons. The van der Waals surface area contributed by atoms with Crippen LogP contribution in [-0.4, -0.2) is 43.6 Å². The monoisotopic (exact) mass is 253 g/mol. The number of allylic oxidation sites excluding steroid dienone is 2. The molecule has 0 saturated carbocycles. The molecule has 1 amide bonds. The lowest BCUT2D eigenvalue weighted by molar-refractivity contribution is -0.289. The highest BCUT2D eigenvalue weighted by Crippen LogP contribution is 2.48. The van der Waals surface area contributed by atoms with Gasteiger partial charge in [-0.3, -0.25) is 9.63 Å². The topological polar surface area (TPSA) is 48.0 Å². The molecule has 2 atom stereocenters. The minimum Gasteiger partial charge on any atom is -0.348 e. The van der Waals surface area contributed by atoms with Crippen LogP contribution in [0.1, 0.15) is 13.3 Å². The fraction of sp³-hybridized carbons (Fsp3) is 0.615. The molecule has 1 aliphatic heterocycles. The second-order valence-electron chi connectivity index (χ2n) is 4.60. The van der Waals surface area contributed by atoms with Crippen molar-refractivity contribution in [2.24, 2.45) is 5.92 Å². The van der Waals surface area contributed by atoms with E-state index < -0.39 is 11.3 Å². The van der Waals surface area contributed by atoms with E-state index in [1.54, 1.807) is 14.2 Å². The van der Waals surface area contributed by atoms with Crippen LogP contribution in [0.3, 0.4) is 0 Å². The summed E-state index contributed by atoms with van der Waals surface area (Å²) in [6.45, 7) is 1.99. The van der Waals surface area contributed by atoms with Crippen LogP contribution in [0.15, 0.2) is 24.3 Å². The Kier molecular flexibility index (Phi) is 3.31. The number of hydrogen-bond donors (Lipinski definition) is 0. The molecule has 1 saturated heterocycles. The van der Waals surface area contributed by atoms with Gasteiger partial charge in [-0.25, -0.2) is 5.06 Å². The highest BCUT2D eigenvalue weighted by Gasteiger charge is 2.64. The van der Waals surface area contributed by atoms with Gasteiger partial charge in [0.25, 0.3) is 0 Å². The first kappa shape index (κ1) is 13.3. The minimum absolute atomic E-state index is 0.0195. The summed E-state index contributed by atoms with van der Waals surface area (Å²) >= 11 is 0. The molecule has 1 spiro atoms. The molecule has 0 unspecified atom stereocenters. The van der Waals surface area contributed by atoms with Gasteiger partial charge in [-0.1, -0.05) is 25.2 Å². The van der Waals surface area contributed by atoms with E-state index in [1.807, 2.05) is 31.2 Å². The summed E-state index contributed by atoms with van der Waals surface area (Å²) in [5.74, 6) is -1.07. The average molecular weight is 253 g/mol. The van der Waals surface area contributed by atoms with Crippen molar-refractivity contribution in [1.29, 1.82) is 0 Å². The minimum atomic E-state index is -1.02. The Balaban J connectivity index is 2.58. The molecule has 0 N–H and O–H groups in total. The Bertz CT molecular complexity index is 400. The van der Waals surface area contributed by atoms with Gasteiger partial charge >= 0.3 is 0 Å². The van der Waals surface area contributed by atoms with Crippen molar-refractivity contribution in [3.05, 3.63) is 24.3 Å². The summed E-state index contributed by atoms with van der Waals surface area (Å²) in [5.41, 5.74) is -0.767. The largest absolute Gasteiger partial charge is 0.348 e. The van der Waals surface area contributed by atoms with Gasteiger partial charge in [0.05, 0.1) is 7.11 Å². The predicted octanol–water partition coefficient (Wildman–Crippen LogP) is 1.27. The zero-order chi connectivity index (χ0) is 13.4. The smallest absolute Gasteiger partial charge is 0.247 e. The van der Waals surface area contributed by atoms with Gasteiger partial charge < -0.3 is 9.47 Å². The summed E-state index contributed by atoms with van der Waals surface area (Å²) in [6.07, 6.45) is 7.87.